The summed E-state index contributed by atoms with van der Waals surface area (Å²) in [6, 6.07) is 0. The zero-order valence-corrected chi connectivity index (χ0v) is 8.84. The van der Waals surface area contributed by atoms with Crippen LogP contribution >= 0.6 is 11.5 Å². The minimum atomic E-state index is -0.595. The van der Waals surface area contributed by atoms with Gasteiger partial charge in [0.05, 0.1) is 17.2 Å². The van der Waals surface area contributed by atoms with Gasteiger partial charge in [0.2, 0.25) is 0 Å². The molecule has 0 aliphatic carbocycles. The molecule has 0 spiro atoms. The molecular weight excluding hydrogens is 188 g/mol. The van der Waals surface area contributed by atoms with Crippen LogP contribution in [-0.4, -0.2) is 28.4 Å². The third kappa shape index (κ3) is 2.46. The van der Waals surface area contributed by atoms with Crippen LogP contribution in [0.3, 0.4) is 0 Å². The Morgan fingerprint density at radius 1 is 1.54 bits per heavy atom. The average Bonchev–Trinajstić information content (AvgIpc) is 2.52. The zero-order valence-electron chi connectivity index (χ0n) is 8.02. The van der Waals surface area contributed by atoms with Crippen LogP contribution in [0.1, 0.15) is 36.4 Å². The van der Waals surface area contributed by atoms with E-state index in [-0.39, 0.29) is 0 Å². The van der Waals surface area contributed by atoms with Gasteiger partial charge < -0.3 is 9.84 Å². The van der Waals surface area contributed by atoms with Crippen molar-refractivity contribution in [3.05, 3.63) is 10.6 Å². The van der Waals surface area contributed by atoms with E-state index in [0.29, 0.717) is 12.5 Å². The summed E-state index contributed by atoms with van der Waals surface area (Å²) in [5, 5.41) is 13.6. The van der Waals surface area contributed by atoms with E-state index in [1.165, 1.54) is 11.5 Å². The lowest BCUT2D eigenvalue weighted by Gasteiger charge is -2.09. The fraction of sp³-hybridized carbons (Fsp3) is 0.750. The molecule has 1 N–H and O–H groups in total. The second-order valence-corrected chi connectivity index (χ2v) is 3.93. The van der Waals surface area contributed by atoms with Crippen LogP contribution in [0.25, 0.3) is 0 Å². The minimum Gasteiger partial charge on any atom is -0.385 e. The van der Waals surface area contributed by atoms with E-state index in [9.17, 15) is 5.11 Å². The lowest BCUT2D eigenvalue weighted by atomic mass is 10.1. The lowest BCUT2D eigenvalue weighted by molar-refractivity contribution is 0.0658. The van der Waals surface area contributed by atoms with E-state index in [1.807, 2.05) is 13.8 Å². The van der Waals surface area contributed by atoms with Gasteiger partial charge in [-0.25, -0.2) is 0 Å². The number of aromatic nitrogens is 2. The molecule has 0 radical (unpaired) electrons. The van der Waals surface area contributed by atoms with Crippen LogP contribution in [0.5, 0.6) is 0 Å². The van der Waals surface area contributed by atoms with Gasteiger partial charge in [-0.1, -0.05) is 18.3 Å². The number of hydrogen-bond acceptors (Lipinski definition) is 5. The van der Waals surface area contributed by atoms with Gasteiger partial charge in [0.1, 0.15) is 6.10 Å². The number of aliphatic hydroxyl groups is 1. The smallest absolute Gasteiger partial charge is 0.115 e. The summed E-state index contributed by atoms with van der Waals surface area (Å²) < 4.78 is 8.69. The average molecular weight is 202 g/mol. The molecule has 1 atom stereocenters. The van der Waals surface area contributed by atoms with Crippen molar-refractivity contribution in [2.45, 2.75) is 25.9 Å². The van der Waals surface area contributed by atoms with Crippen LogP contribution in [-0.2, 0) is 4.74 Å². The highest BCUT2D eigenvalue weighted by molar-refractivity contribution is 7.05. The first-order valence-electron chi connectivity index (χ1n) is 4.16. The molecule has 1 heterocycles. The molecule has 1 rings (SSSR count). The van der Waals surface area contributed by atoms with Crippen molar-refractivity contribution in [1.29, 1.82) is 0 Å². The number of hydrogen-bond donors (Lipinski definition) is 1. The molecule has 1 aromatic rings. The van der Waals surface area contributed by atoms with Gasteiger partial charge in [-0.15, -0.1) is 5.10 Å². The second-order valence-electron chi connectivity index (χ2n) is 3.15. The van der Waals surface area contributed by atoms with Gasteiger partial charge in [0.15, 0.2) is 0 Å². The van der Waals surface area contributed by atoms with Crippen molar-refractivity contribution in [2.75, 3.05) is 13.7 Å². The second kappa shape index (κ2) is 4.64. The summed E-state index contributed by atoms with van der Waals surface area (Å²) in [5.41, 5.74) is 0.870. The summed E-state index contributed by atoms with van der Waals surface area (Å²) in [6.45, 7) is 4.35. The molecule has 1 unspecified atom stereocenters. The Morgan fingerprint density at radius 3 is 2.77 bits per heavy atom. The van der Waals surface area contributed by atoms with E-state index < -0.39 is 6.10 Å². The third-order valence-electron chi connectivity index (χ3n) is 1.71. The summed E-state index contributed by atoms with van der Waals surface area (Å²) in [4.78, 5) is 0.817. The van der Waals surface area contributed by atoms with Crippen molar-refractivity contribution in [3.8, 4) is 0 Å². The highest BCUT2D eigenvalue weighted by atomic mass is 32.1. The number of nitrogens with zero attached hydrogens (tertiary/aromatic N) is 2. The molecule has 74 valence electrons. The summed E-state index contributed by atoms with van der Waals surface area (Å²) in [5.74, 6) is 0.292. The molecule has 13 heavy (non-hydrogen) atoms. The molecule has 0 amide bonds. The summed E-state index contributed by atoms with van der Waals surface area (Å²) >= 11 is 1.23. The Kier molecular flexibility index (Phi) is 3.77. The van der Waals surface area contributed by atoms with Crippen molar-refractivity contribution >= 4 is 11.5 Å². The molecule has 0 aliphatic rings. The number of aliphatic hydroxyl groups excluding tert-OH is 1. The molecule has 0 aliphatic heterocycles. The van der Waals surface area contributed by atoms with Gasteiger partial charge in [0, 0.05) is 7.11 Å². The topological polar surface area (TPSA) is 55.2 Å². The molecule has 1 aromatic heterocycles. The monoisotopic (exact) mass is 202 g/mol. The van der Waals surface area contributed by atoms with Gasteiger partial charge in [0.25, 0.3) is 0 Å². The highest BCUT2D eigenvalue weighted by Gasteiger charge is 2.18. The van der Waals surface area contributed by atoms with Crippen LogP contribution in [0.2, 0.25) is 0 Å². The van der Waals surface area contributed by atoms with E-state index in [4.69, 9.17) is 4.74 Å². The zero-order chi connectivity index (χ0) is 9.84. The van der Waals surface area contributed by atoms with Crippen molar-refractivity contribution in [3.63, 3.8) is 0 Å². The molecule has 4 nitrogen and oxygen atoms in total. The van der Waals surface area contributed by atoms with Crippen LogP contribution in [0, 0.1) is 0 Å². The number of ether oxygens (including phenoxy) is 1. The Morgan fingerprint density at radius 2 is 2.23 bits per heavy atom. The molecule has 5 heteroatoms. The lowest BCUT2D eigenvalue weighted by Crippen LogP contribution is -2.06. The van der Waals surface area contributed by atoms with Crippen molar-refractivity contribution < 1.29 is 9.84 Å². The predicted octanol–water partition coefficient (Wildman–Crippen LogP) is 1.34. The Balaban J connectivity index is 2.80. The molecular formula is C8H14N2O2S. The molecule has 0 aromatic carbocycles. The molecule has 0 saturated heterocycles. The number of rotatable bonds is 4. The first-order valence-corrected chi connectivity index (χ1v) is 4.93. The standard InChI is InChI=1S/C8H14N2O2S/c1-5(2)7-8(13-10-9-7)6(11)4-12-3/h5-6,11H,4H2,1-3H3. The van der Waals surface area contributed by atoms with Gasteiger partial charge in [-0.05, 0) is 17.5 Å². The van der Waals surface area contributed by atoms with Crippen LogP contribution in [0.15, 0.2) is 0 Å². The molecule has 0 bridgehead atoms. The van der Waals surface area contributed by atoms with E-state index >= 15 is 0 Å². The van der Waals surface area contributed by atoms with E-state index in [1.54, 1.807) is 7.11 Å². The largest absolute Gasteiger partial charge is 0.385 e. The summed E-state index contributed by atoms with van der Waals surface area (Å²) in [7, 11) is 1.56. The fourth-order valence-corrected chi connectivity index (χ4v) is 1.85. The van der Waals surface area contributed by atoms with Crippen molar-refractivity contribution in [2.24, 2.45) is 0 Å². The van der Waals surface area contributed by atoms with Gasteiger partial charge >= 0.3 is 0 Å². The molecule has 0 saturated carbocycles. The normalized spacial score (nSPS) is 13.6. The van der Waals surface area contributed by atoms with Gasteiger partial charge in [-0.2, -0.15) is 0 Å². The SMILES string of the molecule is COCC(O)c1snnc1C(C)C. The quantitative estimate of drug-likeness (QED) is 0.800. The summed E-state index contributed by atoms with van der Waals surface area (Å²) in [6.07, 6.45) is -0.595. The Hall–Kier alpha value is -0.520. The maximum absolute atomic E-state index is 9.64. The first kappa shape index (κ1) is 10.6. The van der Waals surface area contributed by atoms with E-state index in [0.717, 1.165) is 10.6 Å². The Bertz CT molecular complexity index is 262. The van der Waals surface area contributed by atoms with Crippen LogP contribution in [0.4, 0.5) is 0 Å². The van der Waals surface area contributed by atoms with Crippen LogP contribution < -0.4 is 0 Å². The maximum Gasteiger partial charge on any atom is 0.115 e. The maximum atomic E-state index is 9.64. The molecule has 0 fully saturated rings. The third-order valence-corrected chi connectivity index (χ3v) is 2.56. The predicted molar refractivity (Wildman–Crippen MR) is 50.8 cm³/mol. The number of methoxy groups -OCH3 is 1. The van der Waals surface area contributed by atoms with E-state index in [2.05, 4.69) is 9.59 Å². The minimum absolute atomic E-state index is 0.292. The van der Waals surface area contributed by atoms with Crippen molar-refractivity contribution in [1.82, 2.24) is 9.59 Å². The fourth-order valence-electron chi connectivity index (χ4n) is 1.07. The Labute approximate surface area is 81.7 Å². The van der Waals surface area contributed by atoms with Gasteiger partial charge in [-0.3, -0.25) is 0 Å². The first-order chi connectivity index (χ1) is 6.16. The highest BCUT2D eigenvalue weighted by Crippen LogP contribution is 2.25.